The average molecular weight is 288 g/mol. The second-order valence-electron chi connectivity index (χ2n) is 5.41. The topological polar surface area (TPSA) is 61.1 Å². The van der Waals surface area contributed by atoms with Gasteiger partial charge in [-0.1, -0.05) is 0 Å². The number of rotatable bonds is 5. The van der Waals surface area contributed by atoms with E-state index >= 15 is 0 Å². The molecule has 0 radical (unpaired) electrons. The van der Waals surface area contributed by atoms with Crippen LogP contribution >= 0.6 is 0 Å². The zero-order valence-electron chi connectivity index (χ0n) is 11.9. The molecule has 0 unspecified atom stereocenters. The normalized spacial score (nSPS) is 16.0. The maximum Gasteiger partial charge on any atom is 0.244 e. The summed E-state index contributed by atoms with van der Waals surface area (Å²) in [5.74, 6) is 0.568. The van der Waals surface area contributed by atoms with Crippen molar-refractivity contribution in [2.75, 3.05) is 18.5 Å². The molecule has 1 fully saturated rings. The predicted molar refractivity (Wildman–Crippen MR) is 78.8 cm³/mol. The molecule has 1 N–H and O–H groups in total. The van der Waals surface area contributed by atoms with E-state index < -0.39 is 0 Å². The van der Waals surface area contributed by atoms with Crippen LogP contribution in [0.2, 0.25) is 0 Å². The number of nitrogens with zero attached hydrogens (tertiary/aromatic N) is 3. The minimum Gasteiger partial charge on any atom is -0.381 e. The number of anilines is 1. The van der Waals surface area contributed by atoms with Gasteiger partial charge in [0.05, 0.1) is 11.9 Å². The molecular formula is C15H20N4O2. The molecule has 6 heteroatoms. The highest BCUT2D eigenvalue weighted by Gasteiger charge is 2.15. The van der Waals surface area contributed by atoms with E-state index in [0.717, 1.165) is 38.3 Å². The van der Waals surface area contributed by atoms with Crippen LogP contribution in [0.25, 0.3) is 0 Å². The number of carbonyl (C=O) groups excluding carboxylic acids is 1. The van der Waals surface area contributed by atoms with Crippen LogP contribution < -0.4 is 5.32 Å². The largest absolute Gasteiger partial charge is 0.381 e. The van der Waals surface area contributed by atoms with E-state index in [4.69, 9.17) is 4.74 Å². The summed E-state index contributed by atoms with van der Waals surface area (Å²) in [7, 11) is 0. The molecule has 3 rings (SSSR count). The molecular weight excluding hydrogens is 268 g/mol. The average Bonchev–Trinajstić information content (AvgIpc) is 3.12. The predicted octanol–water partition coefficient (Wildman–Crippen LogP) is 1.75. The first kappa shape index (κ1) is 13.9. The van der Waals surface area contributed by atoms with Gasteiger partial charge in [0.2, 0.25) is 5.91 Å². The first-order valence-corrected chi connectivity index (χ1v) is 7.30. The Kier molecular flexibility index (Phi) is 4.35. The molecule has 1 amide bonds. The van der Waals surface area contributed by atoms with E-state index in [9.17, 15) is 4.79 Å². The van der Waals surface area contributed by atoms with Gasteiger partial charge in [0.1, 0.15) is 6.54 Å². The summed E-state index contributed by atoms with van der Waals surface area (Å²) in [4.78, 5) is 11.9. The quantitative estimate of drug-likeness (QED) is 0.912. The third kappa shape index (κ3) is 3.95. The second-order valence-corrected chi connectivity index (χ2v) is 5.41. The molecule has 0 aliphatic carbocycles. The van der Waals surface area contributed by atoms with Crippen molar-refractivity contribution in [1.29, 1.82) is 0 Å². The molecule has 21 heavy (non-hydrogen) atoms. The molecule has 0 bridgehead atoms. The van der Waals surface area contributed by atoms with Crippen LogP contribution in [0, 0.1) is 5.92 Å². The molecule has 1 saturated heterocycles. The first-order chi connectivity index (χ1) is 10.3. The van der Waals surface area contributed by atoms with E-state index in [2.05, 4.69) is 10.4 Å². The zero-order chi connectivity index (χ0) is 14.5. The van der Waals surface area contributed by atoms with Gasteiger partial charge >= 0.3 is 0 Å². The van der Waals surface area contributed by atoms with Crippen LogP contribution in [0.1, 0.15) is 12.8 Å². The standard InChI is InChI=1S/C15H20N4O2/c20-15(12-18-5-1-2-6-18)17-14-9-16-19(11-14)10-13-3-7-21-8-4-13/h1-2,5-6,9,11,13H,3-4,7-8,10,12H2,(H,17,20). The van der Waals surface area contributed by atoms with E-state index in [-0.39, 0.29) is 5.91 Å². The Morgan fingerprint density at radius 1 is 1.33 bits per heavy atom. The number of aromatic nitrogens is 3. The van der Waals surface area contributed by atoms with Crippen molar-refractivity contribution in [2.45, 2.75) is 25.9 Å². The van der Waals surface area contributed by atoms with Gasteiger partial charge < -0.3 is 14.6 Å². The zero-order valence-corrected chi connectivity index (χ0v) is 11.9. The van der Waals surface area contributed by atoms with Crippen molar-refractivity contribution in [1.82, 2.24) is 14.3 Å². The molecule has 1 aliphatic rings. The summed E-state index contributed by atoms with van der Waals surface area (Å²) in [5, 5.41) is 7.18. The van der Waals surface area contributed by atoms with Gasteiger partial charge in [0.15, 0.2) is 0 Å². The van der Waals surface area contributed by atoms with Gasteiger partial charge in [-0.05, 0) is 30.9 Å². The minimum atomic E-state index is -0.0446. The van der Waals surface area contributed by atoms with Crippen LogP contribution in [-0.4, -0.2) is 33.5 Å². The fourth-order valence-electron chi connectivity index (χ4n) is 2.56. The summed E-state index contributed by atoms with van der Waals surface area (Å²) in [6.07, 6.45) is 9.49. The number of nitrogens with one attached hydrogen (secondary N) is 1. The maximum atomic E-state index is 11.9. The highest BCUT2D eigenvalue weighted by molar-refractivity contribution is 5.90. The van der Waals surface area contributed by atoms with Gasteiger partial charge in [0, 0.05) is 38.3 Å². The Hall–Kier alpha value is -2.08. The maximum absolute atomic E-state index is 11.9. The fraction of sp³-hybridized carbons (Fsp3) is 0.467. The Balaban J connectivity index is 1.51. The monoisotopic (exact) mass is 288 g/mol. The molecule has 1 aliphatic heterocycles. The third-order valence-corrected chi connectivity index (χ3v) is 3.70. The van der Waals surface area contributed by atoms with Crippen molar-refractivity contribution in [2.24, 2.45) is 5.92 Å². The molecule has 3 heterocycles. The molecule has 6 nitrogen and oxygen atoms in total. The Morgan fingerprint density at radius 2 is 2.10 bits per heavy atom. The molecule has 0 saturated carbocycles. The number of hydrogen-bond donors (Lipinski definition) is 1. The van der Waals surface area contributed by atoms with Gasteiger partial charge in [-0.2, -0.15) is 5.10 Å². The van der Waals surface area contributed by atoms with E-state index in [0.29, 0.717) is 12.5 Å². The smallest absolute Gasteiger partial charge is 0.244 e. The lowest BCUT2D eigenvalue weighted by atomic mass is 10.0. The van der Waals surface area contributed by atoms with Crippen LogP contribution in [0.5, 0.6) is 0 Å². The summed E-state index contributed by atoms with van der Waals surface area (Å²) >= 11 is 0. The Labute approximate surface area is 123 Å². The highest BCUT2D eigenvalue weighted by atomic mass is 16.5. The molecule has 112 valence electrons. The van der Waals surface area contributed by atoms with Crippen molar-refractivity contribution in [3.8, 4) is 0 Å². The Bertz CT molecular complexity index is 570. The van der Waals surface area contributed by atoms with Crippen LogP contribution in [-0.2, 0) is 22.6 Å². The summed E-state index contributed by atoms with van der Waals surface area (Å²) in [6, 6.07) is 3.80. The van der Waals surface area contributed by atoms with Gasteiger partial charge in [-0.3, -0.25) is 9.48 Å². The van der Waals surface area contributed by atoms with Crippen molar-refractivity contribution >= 4 is 11.6 Å². The van der Waals surface area contributed by atoms with Crippen molar-refractivity contribution < 1.29 is 9.53 Å². The highest BCUT2D eigenvalue weighted by Crippen LogP contribution is 2.17. The van der Waals surface area contributed by atoms with Crippen LogP contribution in [0.4, 0.5) is 5.69 Å². The lowest BCUT2D eigenvalue weighted by molar-refractivity contribution is -0.116. The van der Waals surface area contributed by atoms with E-state index in [1.807, 2.05) is 40.0 Å². The first-order valence-electron chi connectivity index (χ1n) is 7.30. The number of ether oxygens (including phenoxy) is 1. The fourth-order valence-corrected chi connectivity index (χ4v) is 2.56. The number of amides is 1. The summed E-state index contributed by atoms with van der Waals surface area (Å²) < 4.78 is 9.10. The van der Waals surface area contributed by atoms with Gasteiger partial charge in [-0.25, -0.2) is 0 Å². The molecule has 2 aromatic rings. The van der Waals surface area contributed by atoms with Gasteiger partial charge in [0.25, 0.3) is 0 Å². The second kappa shape index (κ2) is 6.58. The van der Waals surface area contributed by atoms with Crippen LogP contribution in [0.15, 0.2) is 36.9 Å². The lowest BCUT2D eigenvalue weighted by Gasteiger charge is -2.21. The van der Waals surface area contributed by atoms with Crippen molar-refractivity contribution in [3.63, 3.8) is 0 Å². The van der Waals surface area contributed by atoms with Gasteiger partial charge in [-0.15, -0.1) is 0 Å². The Morgan fingerprint density at radius 3 is 2.86 bits per heavy atom. The number of carbonyl (C=O) groups is 1. The number of hydrogen-bond acceptors (Lipinski definition) is 3. The molecule has 0 aromatic carbocycles. The summed E-state index contributed by atoms with van der Waals surface area (Å²) in [5.41, 5.74) is 0.749. The SMILES string of the molecule is O=C(Cn1cccc1)Nc1cnn(CC2CCOCC2)c1. The third-order valence-electron chi connectivity index (χ3n) is 3.70. The minimum absolute atomic E-state index is 0.0446. The molecule has 0 atom stereocenters. The van der Waals surface area contributed by atoms with Crippen LogP contribution in [0.3, 0.4) is 0 Å². The molecule has 0 spiro atoms. The molecule has 2 aromatic heterocycles. The van der Waals surface area contributed by atoms with Crippen molar-refractivity contribution in [3.05, 3.63) is 36.9 Å². The van der Waals surface area contributed by atoms with E-state index in [1.54, 1.807) is 6.20 Å². The summed E-state index contributed by atoms with van der Waals surface area (Å²) in [6.45, 7) is 2.88. The van der Waals surface area contributed by atoms with E-state index in [1.165, 1.54) is 0 Å². The lowest BCUT2D eigenvalue weighted by Crippen LogP contribution is -2.20.